The Morgan fingerprint density at radius 1 is 1.14 bits per heavy atom. The van der Waals surface area contributed by atoms with Gasteiger partial charge in [-0.2, -0.15) is 5.10 Å². The van der Waals surface area contributed by atoms with E-state index in [0.29, 0.717) is 46.6 Å². The maximum atomic E-state index is 12.2. The summed E-state index contributed by atoms with van der Waals surface area (Å²) in [6.45, 7) is 4.22. The lowest BCUT2D eigenvalue weighted by Crippen LogP contribution is -2.22. The average molecular weight is 388 g/mol. The number of imidazole rings is 1. The van der Waals surface area contributed by atoms with Crippen molar-refractivity contribution in [3.8, 4) is 11.4 Å². The Morgan fingerprint density at radius 3 is 2.79 bits per heavy atom. The van der Waals surface area contributed by atoms with E-state index < -0.39 is 0 Å². The molecule has 0 aliphatic heterocycles. The summed E-state index contributed by atoms with van der Waals surface area (Å²) in [5.41, 5.74) is 9.11. The van der Waals surface area contributed by atoms with Gasteiger partial charge in [0.15, 0.2) is 11.5 Å². The first-order chi connectivity index (χ1) is 14.0. The molecule has 146 valence electrons. The molecule has 4 aromatic rings. The summed E-state index contributed by atoms with van der Waals surface area (Å²) in [5.74, 6) is 1.33. The first kappa shape index (κ1) is 18.4. The SMILES string of the molecule is CCNC(=O)c1cccc(Nc2nc3cccnn3c2-c2cc(N)nc(C)n2)c1. The molecule has 9 heteroatoms. The quantitative estimate of drug-likeness (QED) is 0.480. The van der Waals surface area contributed by atoms with Crippen molar-refractivity contribution in [1.82, 2.24) is 29.9 Å². The van der Waals surface area contributed by atoms with E-state index in [9.17, 15) is 4.79 Å². The molecule has 0 saturated heterocycles. The van der Waals surface area contributed by atoms with E-state index in [2.05, 4.69) is 30.7 Å². The summed E-state index contributed by atoms with van der Waals surface area (Å²) in [6, 6.07) is 12.6. The monoisotopic (exact) mass is 388 g/mol. The van der Waals surface area contributed by atoms with Crippen LogP contribution in [0.25, 0.3) is 17.0 Å². The number of benzene rings is 1. The number of hydrogen-bond acceptors (Lipinski definition) is 7. The molecule has 1 aromatic carbocycles. The van der Waals surface area contributed by atoms with Gasteiger partial charge in [0.05, 0.1) is 5.69 Å². The Bertz CT molecular complexity index is 1180. The summed E-state index contributed by atoms with van der Waals surface area (Å²) in [7, 11) is 0. The zero-order valence-electron chi connectivity index (χ0n) is 16.0. The van der Waals surface area contributed by atoms with Gasteiger partial charge in [-0.3, -0.25) is 4.79 Å². The summed E-state index contributed by atoms with van der Waals surface area (Å²) in [4.78, 5) is 25.4. The Labute approximate surface area is 167 Å². The third-order valence-electron chi connectivity index (χ3n) is 4.22. The first-order valence-electron chi connectivity index (χ1n) is 9.15. The molecule has 0 radical (unpaired) electrons. The molecule has 29 heavy (non-hydrogen) atoms. The normalized spacial score (nSPS) is 10.8. The van der Waals surface area contributed by atoms with E-state index >= 15 is 0 Å². The molecule has 4 N–H and O–H groups in total. The number of aromatic nitrogens is 5. The number of nitrogens with one attached hydrogen (secondary N) is 2. The van der Waals surface area contributed by atoms with Crippen LogP contribution in [-0.4, -0.2) is 37.0 Å². The van der Waals surface area contributed by atoms with E-state index in [1.807, 2.05) is 31.2 Å². The first-order valence-corrected chi connectivity index (χ1v) is 9.15. The highest BCUT2D eigenvalue weighted by Gasteiger charge is 2.18. The highest BCUT2D eigenvalue weighted by atomic mass is 16.1. The second kappa shape index (κ2) is 7.55. The predicted molar refractivity (Wildman–Crippen MR) is 111 cm³/mol. The molecule has 0 saturated carbocycles. The minimum Gasteiger partial charge on any atom is -0.384 e. The minimum absolute atomic E-state index is 0.132. The van der Waals surface area contributed by atoms with Crippen LogP contribution >= 0.6 is 0 Å². The fourth-order valence-corrected chi connectivity index (χ4v) is 3.06. The number of amides is 1. The van der Waals surface area contributed by atoms with E-state index in [4.69, 9.17) is 5.73 Å². The summed E-state index contributed by atoms with van der Waals surface area (Å²) >= 11 is 0. The molecule has 0 spiro atoms. The van der Waals surface area contributed by atoms with E-state index in [0.717, 1.165) is 5.69 Å². The van der Waals surface area contributed by atoms with Crippen LogP contribution in [0.3, 0.4) is 0 Å². The fourth-order valence-electron chi connectivity index (χ4n) is 3.06. The molecule has 3 aromatic heterocycles. The number of aryl methyl sites for hydroxylation is 1. The van der Waals surface area contributed by atoms with Crippen molar-refractivity contribution in [1.29, 1.82) is 0 Å². The summed E-state index contributed by atoms with van der Waals surface area (Å²) in [6.07, 6.45) is 1.68. The molecule has 9 nitrogen and oxygen atoms in total. The van der Waals surface area contributed by atoms with Gasteiger partial charge in [-0.1, -0.05) is 6.07 Å². The van der Waals surface area contributed by atoms with Crippen LogP contribution in [0, 0.1) is 6.92 Å². The van der Waals surface area contributed by atoms with Crippen molar-refractivity contribution >= 4 is 28.9 Å². The number of nitrogen functional groups attached to an aromatic ring is 1. The lowest BCUT2D eigenvalue weighted by molar-refractivity contribution is 0.0956. The molecule has 0 aliphatic carbocycles. The second-order valence-electron chi connectivity index (χ2n) is 6.39. The molecule has 0 bridgehead atoms. The number of nitrogens with zero attached hydrogens (tertiary/aromatic N) is 5. The van der Waals surface area contributed by atoms with Crippen LogP contribution < -0.4 is 16.4 Å². The van der Waals surface area contributed by atoms with Gasteiger partial charge < -0.3 is 16.4 Å². The highest BCUT2D eigenvalue weighted by Crippen LogP contribution is 2.30. The smallest absolute Gasteiger partial charge is 0.251 e. The van der Waals surface area contributed by atoms with Gasteiger partial charge in [-0.25, -0.2) is 19.5 Å². The third-order valence-corrected chi connectivity index (χ3v) is 4.22. The van der Waals surface area contributed by atoms with Gasteiger partial charge in [0.25, 0.3) is 5.91 Å². The van der Waals surface area contributed by atoms with Crippen LogP contribution in [0.2, 0.25) is 0 Å². The standard InChI is InChI=1S/C20H20N8O/c1-3-22-20(29)13-6-4-7-14(10-13)26-19-18(15-11-16(21)25-12(2)24-15)28-17(27-19)8-5-9-23-28/h4-11,26H,3H2,1-2H3,(H,22,29)(H2,21,24,25). The van der Waals surface area contributed by atoms with Crippen LogP contribution in [0.15, 0.2) is 48.7 Å². The number of hydrogen-bond donors (Lipinski definition) is 3. The number of carbonyl (C=O) groups is 1. The van der Waals surface area contributed by atoms with Crippen LogP contribution in [0.5, 0.6) is 0 Å². The van der Waals surface area contributed by atoms with Gasteiger partial charge in [-0.15, -0.1) is 0 Å². The Morgan fingerprint density at radius 2 is 2.00 bits per heavy atom. The maximum Gasteiger partial charge on any atom is 0.251 e. The molecule has 0 atom stereocenters. The molecular formula is C20H20N8O. The van der Waals surface area contributed by atoms with Crippen LogP contribution in [0.4, 0.5) is 17.3 Å². The van der Waals surface area contributed by atoms with Crippen LogP contribution in [-0.2, 0) is 0 Å². The molecule has 4 rings (SSSR count). The lowest BCUT2D eigenvalue weighted by atomic mass is 10.2. The molecule has 0 fully saturated rings. The van der Waals surface area contributed by atoms with E-state index in [1.54, 1.807) is 35.8 Å². The van der Waals surface area contributed by atoms with Crippen molar-refractivity contribution in [3.05, 3.63) is 60.0 Å². The van der Waals surface area contributed by atoms with Gasteiger partial charge in [0.2, 0.25) is 0 Å². The molecule has 3 heterocycles. The van der Waals surface area contributed by atoms with E-state index in [-0.39, 0.29) is 5.91 Å². The van der Waals surface area contributed by atoms with Gasteiger partial charge >= 0.3 is 0 Å². The zero-order chi connectivity index (χ0) is 20.4. The predicted octanol–water partition coefficient (Wildman–Crippen LogP) is 2.57. The van der Waals surface area contributed by atoms with Gasteiger partial charge in [-0.05, 0) is 44.2 Å². The van der Waals surface area contributed by atoms with Crippen molar-refractivity contribution in [3.63, 3.8) is 0 Å². The Balaban J connectivity index is 1.81. The van der Waals surface area contributed by atoms with E-state index in [1.165, 1.54) is 0 Å². The maximum absolute atomic E-state index is 12.2. The van der Waals surface area contributed by atoms with Gasteiger partial charge in [0, 0.05) is 30.1 Å². The number of carbonyl (C=O) groups excluding carboxylic acids is 1. The molecule has 0 aliphatic rings. The summed E-state index contributed by atoms with van der Waals surface area (Å²) in [5, 5.41) is 10.5. The lowest BCUT2D eigenvalue weighted by Gasteiger charge is -2.09. The van der Waals surface area contributed by atoms with Crippen LogP contribution in [0.1, 0.15) is 23.1 Å². The van der Waals surface area contributed by atoms with Crippen molar-refractivity contribution in [2.24, 2.45) is 0 Å². The van der Waals surface area contributed by atoms with Crippen molar-refractivity contribution < 1.29 is 4.79 Å². The van der Waals surface area contributed by atoms with Crippen molar-refractivity contribution in [2.75, 3.05) is 17.6 Å². The zero-order valence-corrected chi connectivity index (χ0v) is 16.0. The fraction of sp³-hybridized carbons (Fsp3) is 0.150. The molecular weight excluding hydrogens is 368 g/mol. The highest BCUT2D eigenvalue weighted by molar-refractivity contribution is 5.95. The topological polar surface area (TPSA) is 123 Å². The average Bonchev–Trinajstić information content (AvgIpc) is 3.05. The Kier molecular flexibility index (Phi) is 4.78. The van der Waals surface area contributed by atoms with Crippen molar-refractivity contribution in [2.45, 2.75) is 13.8 Å². The molecule has 0 unspecified atom stereocenters. The third kappa shape index (κ3) is 3.70. The minimum atomic E-state index is -0.132. The number of anilines is 3. The molecule has 1 amide bonds. The summed E-state index contributed by atoms with van der Waals surface area (Å²) < 4.78 is 1.69. The Hall–Kier alpha value is -4.01. The van der Waals surface area contributed by atoms with Gasteiger partial charge in [0.1, 0.15) is 17.3 Å². The second-order valence-corrected chi connectivity index (χ2v) is 6.39. The number of nitrogens with two attached hydrogens (primary N) is 1. The number of fused-ring (bicyclic) bond motifs is 1. The number of rotatable bonds is 5. The largest absolute Gasteiger partial charge is 0.384 e.